The van der Waals surface area contributed by atoms with Crippen LogP contribution >= 0.6 is 11.6 Å². The Kier molecular flexibility index (Phi) is 3.49. The topological polar surface area (TPSA) is 57.8 Å². The van der Waals surface area contributed by atoms with E-state index in [-0.39, 0.29) is 11.4 Å². The van der Waals surface area contributed by atoms with Gasteiger partial charge in [-0.15, -0.1) is 0 Å². The van der Waals surface area contributed by atoms with Gasteiger partial charge < -0.3 is 5.32 Å². The second-order valence-corrected chi connectivity index (χ2v) is 5.68. The van der Waals surface area contributed by atoms with Crippen LogP contribution < -0.4 is 5.32 Å². The number of carbonyl (C=O) groups excluding carboxylic acids is 1. The monoisotopic (exact) mass is 289 g/mol. The van der Waals surface area contributed by atoms with Crippen molar-refractivity contribution in [1.82, 2.24) is 15.5 Å². The first kappa shape index (κ1) is 13.2. The fraction of sp³-hybridized carbons (Fsp3) is 0.333. The molecule has 104 valence electrons. The summed E-state index contributed by atoms with van der Waals surface area (Å²) in [5.41, 5.74) is 2.02. The minimum atomic E-state index is -0.169. The molecule has 0 atom stereocenters. The predicted molar refractivity (Wildman–Crippen MR) is 77.4 cm³/mol. The summed E-state index contributed by atoms with van der Waals surface area (Å²) in [5.74, 6) is 0.0821. The highest BCUT2D eigenvalue weighted by molar-refractivity contribution is 6.30. The molecule has 4 nitrogen and oxygen atoms in total. The van der Waals surface area contributed by atoms with Crippen LogP contribution in [0.1, 0.15) is 30.4 Å². The van der Waals surface area contributed by atoms with Crippen LogP contribution in [0.5, 0.6) is 0 Å². The van der Waals surface area contributed by atoms with Gasteiger partial charge in [0.1, 0.15) is 0 Å². The number of hydrogen-bond acceptors (Lipinski definition) is 2. The van der Waals surface area contributed by atoms with Gasteiger partial charge in [0.05, 0.1) is 11.7 Å². The third-order valence-electron chi connectivity index (χ3n) is 3.72. The lowest BCUT2D eigenvalue weighted by molar-refractivity contribution is -0.122. The minimum absolute atomic E-state index is 0.0821. The van der Waals surface area contributed by atoms with Gasteiger partial charge in [-0.2, -0.15) is 5.10 Å². The smallest absolute Gasteiger partial charge is 0.221 e. The van der Waals surface area contributed by atoms with Gasteiger partial charge in [-0.3, -0.25) is 9.89 Å². The first-order valence-electron chi connectivity index (χ1n) is 6.73. The van der Waals surface area contributed by atoms with E-state index in [1.165, 1.54) is 0 Å². The molecule has 0 spiro atoms. The minimum Gasteiger partial charge on any atom is -0.347 e. The molecule has 20 heavy (non-hydrogen) atoms. The zero-order chi connectivity index (χ0) is 14.0. The van der Waals surface area contributed by atoms with Crippen LogP contribution in [-0.2, 0) is 16.8 Å². The van der Waals surface area contributed by atoms with E-state index < -0.39 is 0 Å². The number of amides is 1. The molecular weight excluding hydrogens is 274 g/mol. The van der Waals surface area contributed by atoms with Gasteiger partial charge in [-0.25, -0.2) is 0 Å². The van der Waals surface area contributed by atoms with Crippen molar-refractivity contribution in [2.24, 2.45) is 0 Å². The van der Waals surface area contributed by atoms with Crippen LogP contribution in [0.2, 0.25) is 5.02 Å². The van der Waals surface area contributed by atoms with E-state index in [1.54, 1.807) is 6.20 Å². The summed E-state index contributed by atoms with van der Waals surface area (Å²) in [7, 11) is 0. The molecular formula is C15H16ClN3O. The highest BCUT2D eigenvalue weighted by atomic mass is 35.5. The molecule has 1 amide bonds. The molecule has 1 aromatic heterocycles. The van der Waals surface area contributed by atoms with Crippen molar-refractivity contribution in [3.05, 3.63) is 52.8 Å². The molecule has 1 aromatic carbocycles. The molecule has 2 aromatic rings. The summed E-state index contributed by atoms with van der Waals surface area (Å²) in [6.07, 6.45) is 6.74. The number of rotatable bonds is 5. The molecule has 0 saturated heterocycles. The maximum atomic E-state index is 12.1. The van der Waals surface area contributed by atoms with Crippen molar-refractivity contribution in [3.63, 3.8) is 0 Å². The molecule has 5 heteroatoms. The number of carbonyl (C=O) groups is 1. The van der Waals surface area contributed by atoms with Crippen LogP contribution in [0.15, 0.2) is 36.7 Å². The predicted octanol–water partition coefficient (Wildman–Crippen LogP) is 2.80. The van der Waals surface area contributed by atoms with E-state index in [4.69, 9.17) is 11.6 Å². The highest BCUT2D eigenvalue weighted by Crippen LogP contribution is 2.45. The van der Waals surface area contributed by atoms with Crippen molar-refractivity contribution in [2.75, 3.05) is 0 Å². The summed E-state index contributed by atoms with van der Waals surface area (Å²) in [4.78, 5) is 12.1. The van der Waals surface area contributed by atoms with E-state index in [1.807, 2.05) is 30.5 Å². The second kappa shape index (κ2) is 5.29. The number of halogens is 1. The van der Waals surface area contributed by atoms with Crippen LogP contribution in [-0.4, -0.2) is 16.1 Å². The molecule has 3 rings (SSSR count). The zero-order valence-corrected chi connectivity index (χ0v) is 11.8. The van der Waals surface area contributed by atoms with Crippen LogP contribution in [0, 0.1) is 0 Å². The Labute approximate surface area is 122 Å². The molecule has 0 bridgehead atoms. The molecule has 1 fully saturated rings. The van der Waals surface area contributed by atoms with Gasteiger partial charge in [0, 0.05) is 17.6 Å². The zero-order valence-electron chi connectivity index (χ0n) is 11.0. The fourth-order valence-corrected chi connectivity index (χ4v) is 2.51. The van der Waals surface area contributed by atoms with Gasteiger partial charge in [-0.05, 0) is 42.5 Å². The lowest BCUT2D eigenvalue weighted by Crippen LogP contribution is -2.34. The largest absolute Gasteiger partial charge is 0.347 e. The number of aryl methyl sites for hydroxylation is 1. The van der Waals surface area contributed by atoms with E-state index in [2.05, 4.69) is 15.5 Å². The summed E-state index contributed by atoms with van der Waals surface area (Å²) in [5, 5.41) is 10.5. The Bertz CT molecular complexity index is 588. The Morgan fingerprint density at radius 2 is 2.10 bits per heavy atom. The maximum Gasteiger partial charge on any atom is 0.221 e. The van der Waals surface area contributed by atoms with Gasteiger partial charge in [-0.1, -0.05) is 23.7 Å². The molecule has 1 aliphatic carbocycles. The highest BCUT2D eigenvalue weighted by Gasteiger charge is 2.45. The number of nitrogens with zero attached hydrogens (tertiary/aromatic N) is 1. The van der Waals surface area contributed by atoms with Crippen molar-refractivity contribution >= 4 is 17.5 Å². The Balaban J connectivity index is 1.59. The number of hydrogen-bond donors (Lipinski definition) is 2. The quantitative estimate of drug-likeness (QED) is 0.889. The van der Waals surface area contributed by atoms with Crippen LogP contribution in [0.3, 0.4) is 0 Å². The molecule has 0 unspecified atom stereocenters. The molecule has 1 aliphatic rings. The summed E-state index contributed by atoms with van der Waals surface area (Å²) < 4.78 is 0. The summed E-state index contributed by atoms with van der Waals surface area (Å²) in [6, 6.07) is 7.72. The van der Waals surface area contributed by atoms with Gasteiger partial charge >= 0.3 is 0 Å². The van der Waals surface area contributed by atoms with E-state index in [0.717, 1.165) is 29.0 Å². The van der Waals surface area contributed by atoms with Gasteiger partial charge in [0.15, 0.2) is 0 Å². The first-order chi connectivity index (χ1) is 9.68. The Morgan fingerprint density at radius 1 is 1.35 bits per heavy atom. The molecule has 0 aliphatic heterocycles. The average Bonchev–Trinajstić information content (AvgIpc) is 3.03. The van der Waals surface area contributed by atoms with Crippen LogP contribution in [0.4, 0.5) is 0 Å². The van der Waals surface area contributed by atoms with Crippen molar-refractivity contribution in [1.29, 1.82) is 0 Å². The first-order valence-corrected chi connectivity index (χ1v) is 7.10. The van der Waals surface area contributed by atoms with Gasteiger partial charge in [0.25, 0.3) is 0 Å². The van der Waals surface area contributed by atoms with Crippen LogP contribution in [0.25, 0.3) is 0 Å². The Hall–Kier alpha value is -1.81. The summed E-state index contributed by atoms with van der Waals surface area (Å²) >= 11 is 5.90. The molecule has 1 heterocycles. The standard InChI is InChI=1S/C15H16ClN3O/c16-13-4-2-12(3-5-13)15(7-8-15)19-14(20)6-1-11-9-17-18-10-11/h2-5,9-10H,1,6-8H2,(H,17,18)(H,19,20). The second-order valence-electron chi connectivity index (χ2n) is 5.24. The lowest BCUT2D eigenvalue weighted by Gasteiger charge is -2.18. The lowest BCUT2D eigenvalue weighted by atomic mass is 10.0. The summed E-state index contributed by atoms with van der Waals surface area (Å²) in [6.45, 7) is 0. The van der Waals surface area contributed by atoms with Crippen molar-refractivity contribution < 1.29 is 4.79 Å². The number of H-pyrrole nitrogens is 1. The van der Waals surface area contributed by atoms with E-state index >= 15 is 0 Å². The maximum absolute atomic E-state index is 12.1. The van der Waals surface area contributed by atoms with E-state index in [9.17, 15) is 4.79 Å². The van der Waals surface area contributed by atoms with Crippen molar-refractivity contribution in [2.45, 2.75) is 31.2 Å². The number of aromatic amines is 1. The Morgan fingerprint density at radius 3 is 2.70 bits per heavy atom. The van der Waals surface area contributed by atoms with Crippen molar-refractivity contribution in [3.8, 4) is 0 Å². The number of benzene rings is 1. The molecule has 0 radical (unpaired) electrons. The SMILES string of the molecule is O=C(CCc1cn[nH]c1)NC1(c2ccc(Cl)cc2)CC1. The van der Waals surface area contributed by atoms with E-state index in [0.29, 0.717) is 12.8 Å². The number of nitrogens with one attached hydrogen (secondary N) is 2. The fourth-order valence-electron chi connectivity index (χ4n) is 2.38. The molecule has 2 N–H and O–H groups in total. The third kappa shape index (κ3) is 2.85. The molecule has 1 saturated carbocycles. The van der Waals surface area contributed by atoms with Gasteiger partial charge in [0.2, 0.25) is 5.91 Å². The normalized spacial score (nSPS) is 15.8. The average molecular weight is 290 g/mol. The number of aromatic nitrogens is 2. The third-order valence-corrected chi connectivity index (χ3v) is 3.97.